The fraction of sp³-hybridized carbons (Fsp3) is 0.424. The number of rotatable bonds is 10. The molecule has 2 aliphatic rings. The molecule has 1 aliphatic heterocycles. The molecule has 3 aromatic heterocycles. The zero-order chi connectivity index (χ0) is 32.0. The van der Waals surface area contributed by atoms with Crippen LogP contribution in [-0.2, 0) is 22.6 Å². The number of likely N-dealkylation sites (tertiary alicyclic amines) is 1. The Hall–Kier alpha value is -4.03. The summed E-state index contributed by atoms with van der Waals surface area (Å²) in [6.07, 6.45) is 5.16. The summed E-state index contributed by atoms with van der Waals surface area (Å²) in [6, 6.07) is 8.96. The maximum absolute atomic E-state index is 14.0. The van der Waals surface area contributed by atoms with Crippen LogP contribution in [0.25, 0.3) is 22.0 Å². The molecule has 0 radical (unpaired) electrons. The first-order chi connectivity index (χ1) is 21.4. The van der Waals surface area contributed by atoms with Gasteiger partial charge in [-0.15, -0.1) is 0 Å². The van der Waals surface area contributed by atoms with Gasteiger partial charge in [-0.1, -0.05) is 19.1 Å². The summed E-state index contributed by atoms with van der Waals surface area (Å²) < 4.78 is 2.27. The Bertz CT molecular complexity index is 1800. The molecule has 4 heterocycles. The highest BCUT2D eigenvalue weighted by molar-refractivity contribution is 9.10. The Morgan fingerprint density at radius 2 is 1.82 bits per heavy atom. The first-order valence-electron chi connectivity index (χ1n) is 15.1. The third-order valence-electron chi connectivity index (χ3n) is 9.01. The van der Waals surface area contributed by atoms with Gasteiger partial charge in [-0.05, 0) is 91.5 Å². The predicted octanol–water partition coefficient (Wildman–Crippen LogP) is 3.75. The van der Waals surface area contributed by atoms with E-state index in [1.165, 1.54) is 0 Å². The maximum Gasteiger partial charge on any atom is 0.272 e. The number of carbonyl (C=O) groups excluding carboxylic acids is 3. The number of carbonyl (C=O) groups is 3. The molecule has 1 saturated heterocycles. The fourth-order valence-corrected chi connectivity index (χ4v) is 6.64. The van der Waals surface area contributed by atoms with Crippen LogP contribution in [0.4, 0.5) is 0 Å². The van der Waals surface area contributed by atoms with Crippen LogP contribution in [0, 0.1) is 19.3 Å². The summed E-state index contributed by atoms with van der Waals surface area (Å²) in [5.41, 5.74) is 4.14. The fourth-order valence-electron chi connectivity index (χ4n) is 6.29. The minimum atomic E-state index is -0.523. The zero-order valence-corrected chi connectivity index (χ0v) is 27.8. The minimum Gasteiger partial charge on any atom is -0.349 e. The second-order valence-electron chi connectivity index (χ2n) is 12.8. The van der Waals surface area contributed by atoms with Gasteiger partial charge in [0.25, 0.3) is 5.91 Å². The van der Waals surface area contributed by atoms with E-state index >= 15 is 0 Å². The Morgan fingerprint density at radius 3 is 2.56 bits per heavy atom. The lowest BCUT2D eigenvalue weighted by Gasteiger charge is -2.27. The summed E-state index contributed by atoms with van der Waals surface area (Å²) in [5, 5.41) is 8.26. The molecule has 4 aromatic rings. The average molecular weight is 674 g/mol. The van der Waals surface area contributed by atoms with Crippen molar-refractivity contribution in [2.24, 2.45) is 5.41 Å². The number of pyridine rings is 1. The van der Waals surface area contributed by atoms with Crippen molar-refractivity contribution in [3.8, 4) is 11.1 Å². The largest absolute Gasteiger partial charge is 0.349 e. The van der Waals surface area contributed by atoms with E-state index in [0.717, 1.165) is 23.1 Å². The lowest BCUT2D eigenvalue weighted by Crippen LogP contribution is -2.45. The van der Waals surface area contributed by atoms with Gasteiger partial charge in [0.15, 0.2) is 11.5 Å². The summed E-state index contributed by atoms with van der Waals surface area (Å²) in [7, 11) is 3.88. The third-order valence-corrected chi connectivity index (χ3v) is 9.46. The second kappa shape index (κ2) is 12.1. The Kier molecular flexibility index (Phi) is 8.30. The number of hydrogen-bond acceptors (Lipinski definition) is 8. The lowest BCUT2D eigenvalue weighted by atomic mass is 9.96. The van der Waals surface area contributed by atoms with Gasteiger partial charge in [0.05, 0.1) is 23.7 Å². The van der Waals surface area contributed by atoms with Crippen molar-refractivity contribution in [1.82, 2.24) is 39.8 Å². The number of aryl methyl sites for hydroxylation is 2. The normalized spacial score (nSPS) is 20.5. The number of fused-ring (bicyclic) bond motifs is 2. The number of nitrogens with one attached hydrogen (secondary N) is 1. The van der Waals surface area contributed by atoms with Crippen molar-refractivity contribution in [1.29, 1.82) is 0 Å². The summed E-state index contributed by atoms with van der Waals surface area (Å²) >= 11 is 3.41. The Morgan fingerprint density at radius 1 is 1.07 bits per heavy atom. The van der Waals surface area contributed by atoms with Gasteiger partial charge >= 0.3 is 0 Å². The SMILES string of the molecule is Cc1ncc(-c2ccc3c(c2)c(C(=O)NCCN(C)C)nn3CC(=O)N2[C@H](C(=O)Cc3nc(Br)ccc3C)C[C@@]3(C)C[C@@H]23)cn1. The van der Waals surface area contributed by atoms with E-state index in [0.29, 0.717) is 46.5 Å². The Balaban J connectivity index is 1.30. The molecule has 0 unspecified atom stereocenters. The van der Waals surface area contributed by atoms with Crippen molar-refractivity contribution in [2.75, 3.05) is 27.2 Å². The van der Waals surface area contributed by atoms with E-state index < -0.39 is 6.04 Å². The van der Waals surface area contributed by atoms with Gasteiger partial charge in [0, 0.05) is 42.5 Å². The molecule has 0 spiro atoms. The molecule has 1 N–H and O–H groups in total. The molecule has 0 bridgehead atoms. The van der Waals surface area contributed by atoms with Gasteiger partial charge < -0.3 is 15.1 Å². The number of amides is 2. The second-order valence-corrected chi connectivity index (χ2v) is 13.6. The molecule has 6 rings (SSSR count). The molecule has 234 valence electrons. The van der Waals surface area contributed by atoms with Gasteiger partial charge in [-0.25, -0.2) is 15.0 Å². The van der Waals surface area contributed by atoms with Gasteiger partial charge in [0.2, 0.25) is 5.91 Å². The van der Waals surface area contributed by atoms with E-state index in [1.807, 2.05) is 63.2 Å². The van der Waals surface area contributed by atoms with Crippen molar-refractivity contribution in [2.45, 2.75) is 58.7 Å². The predicted molar refractivity (Wildman–Crippen MR) is 174 cm³/mol. The molecule has 12 heteroatoms. The van der Waals surface area contributed by atoms with Crippen LogP contribution in [0.5, 0.6) is 0 Å². The van der Waals surface area contributed by atoms with E-state index in [4.69, 9.17) is 0 Å². The number of aromatic nitrogens is 5. The van der Waals surface area contributed by atoms with Crippen LogP contribution in [0.1, 0.15) is 47.3 Å². The van der Waals surface area contributed by atoms with Gasteiger partial charge in [0.1, 0.15) is 17.0 Å². The van der Waals surface area contributed by atoms with E-state index in [2.05, 4.69) is 48.2 Å². The molecule has 2 amide bonds. The molecular formula is C33H37BrN8O3. The third kappa shape index (κ3) is 6.26. The average Bonchev–Trinajstić information content (AvgIpc) is 3.36. The number of piperidine rings is 1. The van der Waals surface area contributed by atoms with Gasteiger partial charge in [-0.3, -0.25) is 19.1 Å². The van der Waals surface area contributed by atoms with Crippen LogP contribution in [0.15, 0.2) is 47.3 Å². The van der Waals surface area contributed by atoms with Crippen LogP contribution in [0.3, 0.4) is 0 Å². The first kappa shape index (κ1) is 31.0. The maximum atomic E-state index is 14.0. The Labute approximate surface area is 270 Å². The number of hydrogen-bond donors (Lipinski definition) is 1. The number of halogens is 1. The van der Waals surface area contributed by atoms with Gasteiger partial charge in [-0.2, -0.15) is 5.10 Å². The highest BCUT2D eigenvalue weighted by Crippen LogP contribution is 2.59. The minimum absolute atomic E-state index is 0.0123. The quantitative estimate of drug-likeness (QED) is 0.253. The highest BCUT2D eigenvalue weighted by atomic mass is 79.9. The number of likely N-dealkylation sites (N-methyl/N-ethyl adjacent to an activating group) is 1. The van der Waals surface area contributed by atoms with E-state index in [1.54, 1.807) is 22.0 Å². The highest BCUT2D eigenvalue weighted by Gasteiger charge is 2.64. The first-order valence-corrected chi connectivity index (χ1v) is 15.9. The summed E-state index contributed by atoms with van der Waals surface area (Å²) in [6.45, 7) is 6.95. The molecule has 1 saturated carbocycles. The van der Waals surface area contributed by atoms with Crippen LogP contribution < -0.4 is 5.32 Å². The number of nitrogens with zero attached hydrogens (tertiary/aromatic N) is 7. The molecule has 1 aliphatic carbocycles. The zero-order valence-electron chi connectivity index (χ0n) is 26.2. The molecule has 45 heavy (non-hydrogen) atoms. The van der Waals surface area contributed by atoms with E-state index in [-0.39, 0.29) is 47.7 Å². The molecular weight excluding hydrogens is 636 g/mol. The van der Waals surface area contributed by atoms with Crippen molar-refractivity contribution < 1.29 is 14.4 Å². The van der Waals surface area contributed by atoms with Crippen LogP contribution in [-0.4, -0.2) is 91.4 Å². The number of ketones is 1. The molecule has 3 atom stereocenters. The summed E-state index contributed by atoms with van der Waals surface area (Å²) in [5.74, 6) is 0.159. The van der Waals surface area contributed by atoms with Crippen LogP contribution in [0.2, 0.25) is 0 Å². The van der Waals surface area contributed by atoms with Crippen molar-refractivity contribution >= 4 is 44.4 Å². The molecule has 11 nitrogen and oxygen atoms in total. The number of Topliss-reactive ketones (excluding diaryl/α,β-unsaturated/α-hetero) is 1. The van der Waals surface area contributed by atoms with Crippen LogP contribution >= 0.6 is 15.9 Å². The molecule has 1 aromatic carbocycles. The standard InChI is InChI=1S/C33H37BrN8O3/c1-19-6-9-29(34)38-24(19)13-27(43)26-14-33(3)15-28(33)42(26)30(44)18-41-25-8-7-21(22-16-36-20(2)37-17-22)12-23(25)31(39-41)32(45)35-10-11-40(4)5/h6-9,12,16-17,26,28H,10-11,13-15,18H2,1-5H3,(H,35,45)/t26-,28+,33-/m0/s1. The molecule has 2 fully saturated rings. The topological polar surface area (TPSA) is 126 Å². The number of benzene rings is 1. The lowest BCUT2D eigenvalue weighted by molar-refractivity contribution is -0.139. The summed E-state index contributed by atoms with van der Waals surface area (Å²) in [4.78, 5) is 58.0. The smallest absolute Gasteiger partial charge is 0.272 e. The van der Waals surface area contributed by atoms with E-state index in [9.17, 15) is 14.4 Å². The monoisotopic (exact) mass is 672 g/mol. The van der Waals surface area contributed by atoms with Crippen molar-refractivity contribution in [3.63, 3.8) is 0 Å². The van der Waals surface area contributed by atoms with Crippen molar-refractivity contribution in [3.05, 3.63) is 70.1 Å².